The van der Waals surface area contributed by atoms with Crippen LogP contribution in [0.25, 0.3) is 0 Å². The van der Waals surface area contributed by atoms with Gasteiger partial charge in [0.15, 0.2) is 0 Å². The Balaban J connectivity index is 4.90. The van der Waals surface area contributed by atoms with Gasteiger partial charge in [0.1, 0.15) is 5.76 Å². The Morgan fingerprint density at radius 1 is 1.42 bits per heavy atom. The smallest absolute Gasteiger partial charge is 0.119 e. The molecule has 0 aromatic rings. The van der Waals surface area contributed by atoms with Crippen molar-refractivity contribution in [2.24, 2.45) is 0 Å². The predicted molar refractivity (Wildman–Crippen MR) is 53.9 cm³/mol. The summed E-state index contributed by atoms with van der Waals surface area (Å²) in [5.74, 6) is 0.672. The minimum atomic E-state index is 0.672. The number of hydrogen-bond donors (Lipinski definition) is 0. The van der Waals surface area contributed by atoms with E-state index in [9.17, 15) is 0 Å². The second-order valence-electron chi connectivity index (χ2n) is 2.43. The van der Waals surface area contributed by atoms with E-state index >= 15 is 0 Å². The van der Waals surface area contributed by atoms with Crippen LogP contribution < -0.4 is 0 Å². The first-order chi connectivity index (χ1) is 5.67. The van der Waals surface area contributed by atoms with Crippen LogP contribution in [0.1, 0.15) is 13.8 Å². The molecule has 12 heavy (non-hydrogen) atoms. The fraction of sp³-hybridized carbons (Fsp3) is 0.273. The number of methoxy groups -OCH3 is 1. The molecule has 0 fully saturated rings. The lowest BCUT2D eigenvalue weighted by atomic mass is 10.1. The molecule has 0 amide bonds. The molecule has 0 heterocycles. The molecular weight excluding hydrogens is 148 g/mol. The Morgan fingerprint density at radius 3 is 2.33 bits per heavy atom. The average molecular weight is 164 g/mol. The fourth-order valence-electron chi connectivity index (χ4n) is 0.831. The van der Waals surface area contributed by atoms with E-state index in [0.29, 0.717) is 5.76 Å². The van der Waals surface area contributed by atoms with Gasteiger partial charge in [-0.1, -0.05) is 31.4 Å². The van der Waals surface area contributed by atoms with Gasteiger partial charge in [-0.3, -0.25) is 0 Å². The minimum absolute atomic E-state index is 0.672. The van der Waals surface area contributed by atoms with E-state index in [4.69, 9.17) is 4.74 Å². The second-order valence-corrected chi connectivity index (χ2v) is 2.43. The van der Waals surface area contributed by atoms with Gasteiger partial charge in [0.25, 0.3) is 0 Å². The quantitative estimate of drug-likeness (QED) is 0.458. The summed E-state index contributed by atoms with van der Waals surface area (Å²) in [6.07, 6.45) is 5.70. The van der Waals surface area contributed by atoms with Gasteiger partial charge < -0.3 is 4.74 Å². The predicted octanol–water partition coefficient (Wildman–Crippen LogP) is 3.23. The molecule has 0 bridgehead atoms. The van der Waals surface area contributed by atoms with Crippen molar-refractivity contribution >= 4 is 0 Å². The Labute approximate surface area is 74.7 Å². The molecule has 0 aliphatic rings. The third-order valence-electron chi connectivity index (χ3n) is 1.61. The van der Waals surface area contributed by atoms with Crippen molar-refractivity contribution in [3.05, 3.63) is 48.3 Å². The number of allylic oxidation sites excluding steroid dienone is 4. The van der Waals surface area contributed by atoms with Crippen molar-refractivity contribution in [3.63, 3.8) is 0 Å². The molecular formula is C11H16O. The molecule has 0 aromatic heterocycles. The van der Waals surface area contributed by atoms with Gasteiger partial charge in [-0.25, -0.2) is 0 Å². The zero-order chi connectivity index (χ0) is 9.56. The molecule has 1 heteroatoms. The molecule has 0 atom stereocenters. The normalized spacial score (nSPS) is 12.6. The average Bonchev–Trinajstić information content (AvgIpc) is 2.11. The highest BCUT2D eigenvalue weighted by atomic mass is 16.5. The molecule has 0 aromatic carbocycles. The lowest BCUT2D eigenvalue weighted by molar-refractivity contribution is 0.304. The van der Waals surface area contributed by atoms with E-state index in [0.717, 1.165) is 11.1 Å². The fourth-order valence-corrected chi connectivity index (χ4v) is 0.831. The van der Waals surface area contributed by atoms with E-state index in [1.165, 1.54) is 0 Å². The Kier molecular flexibility index (Phi) is 4.86. The van der Waals surface area contributed by atoms with Crippen molar-refractivity contribution < 1.29 is 4.74 Å². The maximum Gasteiger partial charge on any atom is 0.119 e. The lowest BCUT2D eigenvalue weighted by Crippen LogP contribution is -1.90. The van der Waals surface area contributed by atoms with Crippen LogP contribution in [0.5, 0.6) is 0 Å². The maximum atomic E-state index is 5.04. The van der Waals surface area contributed by atoms with Crippen LogP contribution in [0.4, 0.5) is 0 Å². The maximum absolute atomic E-state index is 5.04. The highest BCUT2D eigenvalue weighted by Crippen LogP contribution is 2.15. The van der Waals surface area contributed by atoms with Crippen LogP contribution in [-0.4, -0.2) is 7.11 Å². The molecule has 0 spiro atoms. The summed E-state index contributed by atoms with van der Waals surface area (Å²) in [7, 11) is 1.61. The van der Waals surface area contributed by atoms with E-state index < -0.39 is 0 Å². The van der Waals surface area contributed by atoms with Gasteiger partial charge in [0, 0.05) is 5.57 Å². The van der Waals surface area contributed by atoms with Gasteiger partial charge in [0.05, 0.1) is 7.11 Å². The first-order valence-corrected chi connectivity index (χ1v) is 3.86. The number of rotatable bonds is 4. The summed E-state index contributed by atoms with van der Waals surface area (Å²) in [6, 6.07) is 0. The molecule has 0 aliphatic carbocycles. The minimum Gasteiger partial charge on any atom is -0.497 e. The van der Waals surface area contributed by atoms with E-state index in [1.807, 2.05) is 26.0 Å². The first-order valence-electron chi connectivity index (χ1n) is 3.86. The highest BCUT2D eigenvalue weighted by molar-refractivity contribution is 5.41. The molecule has 0 rings (SSSR count). The third kappa shape index (κ3) is 2.79. The molecule has 0 saturated heterocycles. The SMILES string of the molecule is C=C/C(C)=C(\C=C/C)C(=C)OC. The van der Waals surface area contributed by atoms with Crippen LogP contribution in [0.3, 0.4) is 0 Å². The van der Waals surface area contributed by atoms with Gasteiger partial charge in [0.2, 0.25) is 0 Å². The van der Waals surface area contributed by atoms with Crippen LogP contribution in [-0.2, 0) is 4.74 Å². The standard InChI is InChI=1S/C11H16O/c1-6-8-11(9(3)7-2)10(4)12-5/h6-8H,2,4H2,1,3,5H3/b8-6-,11-9+. The summed E-state index contributed by atoms with van der Waals surface area (Å²) in [5.41, 5.74) is 2.06. The van der Waals surface area contributed by atoms with Crippen molar-refractivity contribution in [3.8, 4) is 0 Å². The molecule has 0 saturated carbocycles. The zero-order valence-corrected chi connectivity index (χ0v) is 8.05. The molecule has 1 nitrogen and oxygen atoms in total. The molecule has 0 aliphatic heterocycles. The number of ether oxygens (including phenoxy) is 1. The van der Waals surface area contributed by atoms with Gasteiger partial charge >= 0.3 is 0 Å². The highest BCUT2D eigenvalue weighted by Gasteiger charge is 2.00. The van der Waals surface area contributed by atoms with Crippen LogP contribution >= 0.6 is 0 Å². The van der Waals surface area contributed by atoms with Crippen LogP contribution in [0.2, 0.25) is 0 Å². The van der Waals surface area contributed by atoms with E-state index in [1.54, 1.807) is 13.2 Å². The Bertz CT molecular complexity index is 231. The van der Waals surface area contributed by atoms with Crippen LogP contribution in [0.15, 0.2) is 48.3 Å². The summed E-state index contributed by atoms with van der Waals surface area (Å²) >= 11 is 0. The summed E-state index contributed by atoms with van der Waals surface area (Å²) in [6.45, 7) is 11.4. The van der Waals surface area contributed by atoms with E-state index in [2.05, 4.69) is 13.2 Å². The monoisotopic (exact) mass is 164 g/mol. The summed E-state index contributed by atoms with van der Waals surface area (Å²) < 4.78 is 5.04. The Hall–Kier alpha value is -1.24. The lowest BCUT2D eigenvalue weighted by Gasteiger charge is -2.07. The topological polar surface area (TPSA) is 9.23 Å². The Morgan fingerprint density at radius 2 is 2.00 bits per heavy atom. The second kappa shape index (κ2) is 5.42. The van der Waals surface area contributed by atoms with Crippen molar-refractivity contribution in [1.29, 1.82) is 0 Å². The number of hydrogen-bond acceptors (Lipinski definition) is 1. The van der Waals surface area contributed by atoms with Crippen molar-refractivity contribution in [1.82, 2.24) is 0 Å². The van der Waals surface area contributed by atoms with Gasteiger partial charge in [-0.2, -0.15) is 0 Å². The molecule has 0 N–H and O–H groups in total. The third-order valence-corrected chi connectivity index (χ3v) is 1.61. The largest absolute Gasteiger partial charge is 0.497 e. The summed E-state index contributed by atoms with van der Waals surface area (Å²) in [5, 5.41) is 0. The zero-order valence-electron chi connectivity index (χ0n) is 8.05. The van der Waals surface area contributed by atoms with Crippen molar-refractivity contribution in [2.45, 2.75) is 13.8 Å². The first kappa shape index (κ1) is 10.8. The molecule has 66 valence electrons. The van der Waals surface area contributed by atoms with Gasteiger partial charge in [-0.05, 0) is 19.4 Å². The van der Waals surface area contributed by atoms with E-state index in [-0.39, 0.29) is 0 Å². The summed E-state index contributed by atoms with van der Waals surface area (Å²) in [4.78, 5) is 0. The van der Waals surface area contributed by atoms with Gasteiger partial charge in [-0.15, -0.1) is 0 Å². The van der Waals surface area contributed by atoms with Crippen molar-refractivity contribution in [2.75, 3.05) is 7.11 Å². The molecule has 0 radical (unpaired) electrons. The van der Waals surface area contributed by atoms with Crippen LogP contribution in [0, 0.1) is 0 Å². The molecule has 0 unspecified atom stereocenters.